The van der Waals surface area contributed by atoms with Crippen molar-refractivity contribution >= 4 is 28.7 Å². The highest BCUT2D eigenvalue weighted by Gasteiger charge is 2.19. The second kappa shape index (κ2) is 7.29. The molecule has 0 unspecified atom stereocenters. The van der Waals surface area contributed by atoms with Gasteiger partial charge in [-0.25, -0.2) is 13.5 Å². The molecular formula is C16H14ClF2N3S. The van der Waals surface area contributed by atoms with E-state index < -0.39 is 11.6 Å². The molecule has 2 aromatic carbocycles. The number of nitrogens with one attached hydrogen (secondary N) is 1. The van der Waals surface area contributed by atoms with E-state index in [1.54, 1.807) is 6.07 Å². The Morgan fingerprint density at radius 3 is 2.57 bits per heavy atom. The lowest BCUT2D eigenvalue weighted by atomic mass is 10.2. The summed E-state index contributed by atoms with van der Waals surface area (Å²) in [4.78, 5) is 6.55. The molecule has 120 valence electrons. The molecule has 1 saturated heterocycles. The molecule has 0 aliphatic carbocycles. The number of amidine groups is 1. The zero-order chi connectivity index (χ0) is 16.2. The minimum absolute atomic E-state index is 0.469. The Balaban J connectivity index is 1.68. The van der Waals surface area contributed by atoms with Gasteiger partial charge in [-0.15, -0.1) is 0 Å². The maximum absolute atomic E-state index is 13.3. The summed E-state index contributed by atoms with van der Waals surface area (Å²) in [5.74, 6) is -1.67. The van der Waals surface area contributed by atoms with Gasteiger partial charge in [-0.1, -0.05) is 29.8 Å². The van der Waals surface area contributed by atoms with E-state index in [0.717, 1.165) is 16.8 Å². The van der Waals surface area contributed by atoms with Crippen LogP contribution in [0, 0.1) is 11.6 Å². The van der Waals surface area contributed by atoms with E-state index in [9.17, 15) is 8.78 Å². The highest BCUT2D eigenvalue weighted by molar-refractivity contribution is 8.12. The third-order valence-electron chi connectivity index (χ3n) is 3.36. The summed E-state index contributed by atoms with van der Waals surface area (Å²) in [6, 6.07) is 11.5. The molecule has 0 amide bonds. The second-order valence-electron chi connectivity index (χ2n) is 5.08. The smallest absolute Gasteiger partial charge is 0.176 e. The van der Waals surface area contributed by atoms with Gasteiger partial charge in [0.1, 0.15) is 0 Å². The van der Waals surface area contributed by atoms with Crippen LogP contribution in [0.15, 0.2) is 47.5 Å². The number of hydrogen-bond donors (Lipinski definition) is 1. The molecule has 0 atom stereocenters. The second-order valence-corrected chi connectivity index (χ2v) is 6.37. The van der Waals surface area contributed by atoms with Crippen molar-refractivity contribution in [2.45, 2.75) is 13.1 Å². The van der Waals surface area contributed by atoms with Gasteiger partial charge in [0.15, 0.2) is 16.8 Å². The molecule has 1 fully saturated rings. The van der Waals surface area contributed by atoms with Gasteiger partial charge >= 0.3 is 0 Å². The molecule has 3 nitrogen and oxygen atoms in total. The summed E-state index contributed by atoms with van der Waals surface area (Å²) in [6.45, 7) is 1.61. The lowest BCUT2D eigenvalue weighted by Gasteiger charge is -2.17. The highest BCUT2D eigenvalue weighted by Crippen LogP contribution is 2.19. The van der Waals surface area contributed by atoms with Crippen molar-refractivity contribution in [3.05, 3.63) is 70.2 Å². The van der Waals surface area contributed by atoms with Crippen molar-refractivity contribution in [2.75, 3.05) is 6.67 Å². The van der Waals surface area contributed by atoms with Crippen LogP contribution < -0.4 is 4.72 Å². The molecule has 0 spiro atoms. The molecule has 7 heteroatoms. The first-order valence-electron chi connectivity index (χ1n) is 6.99. The Kier molecular flexibility index (Phi) is 5.15. The topological polar surface area (TPSA) is 27.6 Å². The van der Waals surface area contributed by atoms with Gasteiger partial charge in [0.05, 0.1) is 13.2 Å². The average molecular weight is 354 g/mol. The molecule has 0 radical (unpaired) electrons. The van der Waals surface area contributed by atoms with Crippen LogP contribution in [0.1, 0.15) is 11.1 Å². The van der Waals surface area contributed by atoms with Crippen LogP contribution in [0.2, 0.25) is 5.02 Å². The van der Waals surface area contributed by atoms with Crippen LogP contribution in [-0.2, 0) is 13.1 Å². The number of benzene rings is 2. The van der Waals surface area contributed by atoms with Crippen molar-refractivity contribution in [2.24, 2.45) is 4.99 Å². The Bertz CT molecular complexity index is 722. The van der Waals surface area contributed by atoms with Gasteiger partial charge in [-0.05, 0) is 47.3 Å². The summed E-state index contributed by atoms with van der Waals surface area (Å²) >= 11 is 7.29. The van der Waals surface area contributed by atoms with Crippen LogP contribution in [-0.4, -0.2) is 16.7 Å². The van der Waals surface area contributed by atoms with Crippen LogP contribution >= 0.6 is 23.5 Å². The fourth-order valence-electron chi connectivity index (χ4n) is 2.17. The molecule has 0 bridgehead atoms. The minimum Gasteiger partial charge on any atom is -0.333 e. The first kappa shape index (κ1) is 16.2. The van der Waals surface area contributed by atoms with E-state index in [0.29, 0.717) is 30.3 Å². The average Bonchev–Trinajstić information content (AvgIpc) is 2.98. The summed E-state index contributed by atoms with van der Waals surface area (Å²) in [7, 11) is 0. The first-order chi connectivity index (χ1) is 11.1. The minimum atomic E-state index is -0.834. The van der Waals surface area contributed by atoms with Gasteiger partial charge in [0.2, 0.25) is 0 Å². The Morgan fingerprint density at radius 2 is 1.83 bits per heavy atom. The van der Waals surface area contributed by atoms with Crippen molar-refractivity contribution in [3.63, 3.8) is 0 Å². The van der Waals surface area contributed by atoms with Crippen molar-refractivity contribution in [3.8, 4) is 0 Å². The lowest BCUT2D eigenvalue weighted by Crippen LogP contribution is -2.25. The van der Waals surface area contributed by atoms with Gasteiger partial charge in [0.25, 0.3) is 0 Å². The summed E-state index contributed by atoms with van der Waals surface area (Å²) < 4.78 is 29.4. The van der Waals surface area contributed by atoms with Gasteiger partial charge < -0.3 is 4.90 Å². The third kappa shape index (κ3) is 4.22. The number of halogens is 3. The molecule has 1 N–H and O–H groups in total. The van der Waals surface area contributed by atoms with E-state index in [1.165, 1.54) is 18.0 Å². The van der Waals surface area contributed by atoms with E-state index in [4.69, 9.17) is 11.6 Å². The first-order valence-corrected chi connectivity index (χ1v) is 8.19. The monoisotopic (exact) mass is 353 g/mol. The third-order valence-corrected chi connectivity index (χ3v) is 4.45. The number of hydrogen-bond acceptors (Lipinski definition) is 3. The SMILES string of the molecule is Fc1ccc(CN2CNSC2=NCc2ccc(Cl)cc2)cc1F. The number of nitrogens with zero attached hydrogens (tertiary/aromatic N) is 2. The van der Waals surface area contributed by atoms with E-state index in [1.807, 2.05) is 29.2 Å². The molecule has 3 rings (SSSR count). The van der Waals surface area contributed by atoms with Crippen LogP contribution in [0.25, 0.3) is 0 Å². The maximum atomic E-state index is 13.3. The number of rotatable bonds is 4. The van der Waals surface area contributed by atoms with Gasteiger partial charge in [-0.3, -0.25) is 4.99 Å². The lowest BCUT2D eigenvalue weighted by molar-refractivity contribution is 0.427. The highest BCUT2D eigenvalue weighted by atomic mass is 35.5. The quantitative estimate of drug-likeness (QED) is 0.835. The normalized spacial score (nSPS) is 16.3. The van der Waals surface area contributed by atoms with Crippen LogP contribution in [0.3, 0.4) is 0 Å². The van der Waals surface area contributed by atoms with Crippen LogP contribution in [0.5, 0.6) is 0 Å². The molecule has 0 saturated carbocycles. The Hall–Kier alpha value is -1.63. The van der Waals surface area contributed by atoms with Crippen LogP contribution in [0.4, 0.5) is 8.78 Å². The fraction of sp³-hybridized carbons (Fsp3) is 0.188. The molecule has 0 aromatic heterocycles. The zero-order valence-corrected chi connectivity index (χ0v) is 13.7. The largest absolute Gasteiger partial charge is 0.333 e. The van der Waals surface area contributed by atoms with E-state index >= 15 is 0 Å². The van der Waals surface area contributed by atoms with Crippen molar-refractivity contribution < 1.29 is 8.78 Å². The molecule has 2 aromatic rings. The van der Waals surface area contributed by atoms with Gasteiger partial charge in [0, 0.05) is 11.6 Å². The Morgan fingerprint density at radius 1 is 1.09 bits per heavy atom. The summed E-state index contributed by atoms with van der Waals surface area (Å²) in [5.41, 5.74) is 1.76. The fourth-order valence-corrected chi connectivity index (χ4v) is 3.03. The molecule has 23 heavy (non-hydrogen) atoms. The molecular weight excluding hydrogens is 340 g/mol. The standard InChI is InChI=1S/C16H14ClF2N3S/c17-13-4-1-11(2-5-13)8-20-16-22(10-21-23-16)9-12-3-6-14(18)15(19)7-12/h1-7,21H,8-10H2. The molecule has 1 aliphatic heterocycles. The van der Waals surface area contributed by atoms with E-state index in [2.05, 4.69) is 9.71 Å². The molecule has 1 aliphatic rings. The zero-order valence-electron chi connectivity index (χ0n) is 12.1. The van der Waals surface area contributed by atoms with Crippen molar-refractivity contribution in [1.82, 2.24) is 9.62 Å². The summed E-state index contributed by atoms with van der Waals surface area (Å²) in [6.07, 6.45) is 0. The van der Waals surface area contributed by atoms with Crippen molar-refractivity contribution in [1.29, 1.82) is 0 Å². The predicted octanol–water partition coefficient (Wildman–Crippen LogP) is 4.19. The van der Waals surface area contributed by atoms with Gasteiger partial charge in [-0.2, -0.15) is 0 Å². The molecule has 1 heterocycles. The number of aliphatic imine (C=N–C) groups is 1. The van der Waals surface area contributed by atoms with E-state index in [-0.39, 0.29) is 0 Å². The Labute approximate surface area is 142 Å². The predicted molar refractivity (Wildman–Crippen MR) is 90.1 cm³/mol. The summed E-state index contributed by atoms with van der Waals surface area (Å²) in [5, 5.41) is 1.52. The maximum Gasteiger partial charge on any atom is 0.176 e.